The van der Waals surface area contributed by atoms with Gasteiger partial charge in [0.05, 0.1) is 0 Å². The molecule has 0 spiro atoms. The SMILES string of the molecule is CN(CC[C@H](N)C(=O)O)c1cccc(Cl)c1. The van der Waals surface area contributed by atoms with E-state index in [1.54, 1.807) is 6.07 Å². The lowest BCUT2D eigenvalue weighted by molar-refractivity contribution is -0.138. The maximum atomic E-state index is 10.5. The van der Waals surface area contributed by atoms with Gasteiger partial charge in [-0.05, 0) is 24.6 Å². The number of hydrogen-bond donors (Lipinski definition) is 2. The first-order chi connectivity index (χ1) is 7.50. The first-order valence-electron chi connectivity index (χ1n) is 4.96. The highest BCUT2D eigenvalue weighted by atomic mass is 35.5. The third-order valence-electron chi connectivity index (χ3n) is 2.34. The molecule has 88 valence electrons. The Bertz CT molecular complexity index is 371. The zero-order chi connectivity index (χ0) is 12.1. The molecule has 0 fully saturated rings. The molecule has 0 aliphatic heterocycles. The summed E-state index contributed by atoms with van der Waals surface area (Å²) < 4.78 is 0. The zero-order valence-electron chi connectivity index (χ0n) is 9.06. The summed E-state index contributed by atoms with van der Waals surface area (Å²) in [5.74, 6) is -0.973. The molecule has 0 saturated heterocycles. The Kier molecular flexibility index (Phi) is 4.58. The van der Waals surface area contributed by atoms with E-state index >= 15 is 0 Å². The Labute approximate surface area is 99.6 Å². The van der Waals surface area contributed by atoms with Gasteiger partial charge in [0, 0.05) is 24.3 Å². The molecule has 0 aliphatic carbocycles. The first kappa shape index (κ1) is 12.8. The lowest BCUT2D eigenvalue weighted by Crippen LogP contribution is -2.34. The average Bonchev–Trinajstić information content (AvgIpc) is 2.25. The monoisotopic (exact) mass is 242 g/mol. The third kappa shape index (κ3) is 3.72. The van der Waals surface area contributed by atoms with Gasteiger partial charge in [0.2, 0.25) is 0 Å². The summed E-state index contributed by atoms with van der Waals surface area (Å²) in [5, 5.41) is 9.30. The summed E-state index contributed by atoms with van der Waals surface area (Å²) in [7, 11) is 1.88. The van der Waals surface area contributed by atoms with Crippen LogP contribution >= 0.6 is 11.6 Å². The molecule has 0 radical (unpaired) electrons. The van der Waals surface area contributed by atoms with Crippen molar-refractivity contribution in [1.29, 1.82) is 0 Å². The molecule has 1 atom stereocenters. The number of carboxylic acids is 1. The molecule has 1 aromatic carbocycles. The molecule has 1 rings (SSSR count). The van der Waals surface area contributed by atoms with Crippen LogP contribution in [0.1, 0.15) is 6.42 Å². The molecule has 5 heteroatoms. The summed E-state index contributed by atoms with van der Waals surface area (Å²) in [4.78, 5) is 12.5. The third-order valence-corrected chi connectivity index (χ3v) is 2.58. The summed E-state index contributed by atoms with van der Waals surface area (Å²) in [6.45, 7) is 0.577. The number of rotatable bonds is 5. The fraction of sp³-hybridized carbons (Fsp3) is 0.364. The quantitative estimate of drug-likeness (QED) is 0.823. The predicted molar refractivity (Wildman–Crippen MR) is 65.0 cm³/mol. The fourth-order valence-electron chi connectivity index (χ4n) is 1.30. The van der Waals surface area contributed by atoms with Crippen molar-refractivity contribution in [2.24, 2.45) is 5.73 Å². The summed E-state index contributed by atoms with van der Waals surface area (Å²) in [6, 6.07) is 6.57. The molecule has 0 saturated carbocycles. The van der Waals surface area contributed by atoms with Crippen molar-refractivity contribution in [2.45, 2.75) is 12.5 Å². The predicted octanol–water partition coefficient (Wildman–Crippen LogP) is 1.58. The molecule has 0 amide bonds. The van der Waals surface area contributed by atoms with Crippen molar-refractivity contribution in [2.75, 3.05) is 18.5 Å². The minimum Gasteiger partial charge on any atom is -0.480 e. The lowest BCUT2D eigenvalue weighted by Gasteiger charge is -2.20. The Hall–Kier alpha value is -1.26. The number of nitrogens with zero attached hydrogens (tertiary/aromatic N) is 1. The Morgan fingerprint density at radius 2 is 2.31 bits per heavy atom. The molecule has 3 N–H and O–H groups in total. The number of nitrogens with two attached hydrogens (primary N) is 1. The van der Waals surface area contributed by atoms with Crippen molar-refractivity contribution in [1.82, 2.24) is 0 Å². The second kappa shape index (κ2) is 5.72. The topological polar surface area (TPSA) is 66.6 Å². The van der Waals surface area contributed by atoms with Crippen molar-refractivity contribution in [3.05, 3.63) is 29.3 Å². The minimum absolute atomic E-state index is 0.401. The van der Waals surface area contributed by atoms with E-state index in [0.29, 0.717) is 18.0 Å². The highest BCUT2D eigenvalue weighted by Gasteiger charge is 2.12. The molecule has 1 aromatic rings. The van der Waals surface area contributed by atoms with Gasteiger partial charge in [-0.1, -0.05) is 17.7 Å². The number of hydrogen-bond acceptors (Lipinski definition) is 3. The van der Waals surface area contributed by atoms with Crippen LogP contribution in [-0.2, 0) is 4.79 Å². The fourth-order valence-corrected chi connectivity index (χ4v) is 1.48. The molecular weight excluding hydrogens is 228 g/mol. The van der Waals surface area contributed by atoms with Crippen molar-refractivity contribution in [3.8, 4) is 0 Å². The average molecular weight is 243 g/mol. The molecule has 16 heavy (non-hydrogen) atoms. The number of halogens is 1. The van der Waals surface area contributed by atoms with Crippen LogP contribution in [0.2, 0.25) is 5.02 Å². The van der Waals surface area contributed by atoms with Crippen molar-refractivity contribution < 1.29 is 9.90 Å². The van der Waals surface area contributed by atoms with E-state index in [-0.39, 0.29) is 0 Å². The van der Waals surface area contributed by atoms with Crippen LogP contribution in [0.4, 0.5) is 5.69 Å². The van der Waals surface area contributed by atoms with Gasteiger partial charge in [-0.3, -0.25) is 4.79 Å². The van der Waals surface area contributed by atoms with E-state index in [0.717, 1.165) is 5.69 Å². The lowest BCUT2D eigenvalue weighted by atomic mass is 10.2. The van der Waals surface area contributed by atoms with Crippen LogP contribution < -0.4 is 10.6 Å². The second-order valence-corrected chi connectivity index (χ2v) is 4.07. The summed E-state index contributed by atoms with van der Waals surface area (Å²) in [6.07, 6.45) is 0.401. The van der Waals surface area contributed by atoms with Crippen LogP contribution in [0.25, 0.3) is 0 Å². The first-order valence-corrected chi connectivity index (χ1v) is 5.33. The normalized spacial score (nSPS) is 12.2. The van der Waals surface area contributed by atoms with Gasteiger partial charge >= 0.3 is 5.97 Å². The maximum absolute atomic E-state index is 10.5. The van der Waals surface area contributed by atoms with Gasteiger partial charge < -0.3 is 15.7 Å². The van der Waals surface area contributed by atoms with Gasteiger partial charge in [0.1, 0.15) is 6.04 Å². The van der Waals surface area contributed by atoms with E-state index in [9.17, 15) is 4.79 Å². The van der Waals surface area contributed by atoms with Crippen molar-refractivity contribution >= 4 is 23.3 Å². The smallest absolute Gasteiger partial charge is 0.320 e. The number of benzene rings is 1. The molecule has 0 aliphatic rings. The van der Waals surface area contributed by atoms with Crippen LogP contribution in [-0.4, -0.2) is 30.7 Å². The van der Waals surface area contributed by atoms with Gasteiger partial charge in [0.15, 0.2) is 0 Å². The minimum atomic E-state index is -0.973. The van der Waals surface area contributed by atoms with E-state index < -0.39 is 12.0 Å². The highest BCUT2D eigenvalue weighted by molar-refractivity contribution is 6.30. The van der Waals surface area contributed by atoms with Crippen molar-refractivity contribution in [3.63, 3.8) is 0 Å². The number of carboxylic acid groups (broad SMARTS) is 1. The number of aliphatic carboxylic acids is 1. The second-order valence-electron chi connectivity index (χ2n) is 3.63. The van der Waals surface area contributed by atoms with Crippen LogP contribution in [0.15, 0.2) is 24.3 Å². The Morgan fingerprint density at radius 1 is 1.62 bits per heavy atom. The van der Waals surface area contributed by atoms with E-state index in [4.69, 9.17) is 22.4 Å². The Balaban J connectivity index is 2.52. The van der Waals surface area contributed by atoms with Gasteiger partial charge in [0.25, 0.3) is 0 Å². The van der Waals surface area contributed by atoms with Gasteiger partial charge in [-0.15, -0.1) is 0 Å². The molecule has 0 bridgehead atoms. The largest absolute Gasteiger partial charge is 0.480 e. The van der Waals surface area contributed by atoms with Gasteiger partial charge in [-0.25, -0.2) is 0 Å². The summed E-state index contributed by atoms with van der Waals surface area (Å²) >= 11 is 5.86. The summed E-state index contributed by atoms with van der Waals surface area (Å²) in [5.41, 5.74) is 6.37. The van der Waals surface area contributed by atoms with E-state index in [1.807, 2.05) is 30.1 Å². The van der Waals surface area contributed by atoms with E-state index in [2.05, 4.69) is 0 Å². The molecular formula is C11H15ClN2O2. The number of anilines is 1. The molecule has 0 unspecified atom stereocenters. The zero-order valence-corrected chi connectivity index (χ0v) is 9.81. The molecule has 4 nitrogen and oxygen atoms in total. The van der Waals surface area contributed by atoms with Crippen LogP contribution in [0.3, 0.4) is 0 Å². The number of carbonyl (C=O) groups is 1. The van der Waals surface area contributed by atoms with Gasteiger partial charge in [-0.2, -0.15) is 0 Å². The van der Waals surface area contributed by atoms with Crippen LogP contribution in [0, 0.1) is 0 Å². The molecule has 0 aromatic heterocycles. The maximum Gasteiger partial charge on any atom is 0.320 e. The van der Waals surface area contributed by atoms with Crippen LogP contribution in [0.5, 0.6) is 0 Å². The van der Waals surface area contributed by atoms with E-state index in [1.165, 1.54) is 0 Å². The molecule has 0 heterocycles. The standard InChI is InChI=1S/C11H15ClN2O2/c1-14(6-5-10(13)11(15)16)9-4-2-3-8(12)7-9/h2-4,7,10H,5-6,13H2,1H3,(H,15,16)/t10-/m0/s1. The Morgan fingerprint density at radius 3 is 2.88 bits per heavy atom. The highest BCUT2D eigenvalue weighted by Crippen LogP contribution is 2.18.